The van der Waals surface area contributed by atoms with E-state index in [-0.39, 0.29) is 0 Å². The van der Waals surface area contributed by atoms with Crippen molar-refractivity contribution in [1.29, 1.82) is 0 Å². The minimum absolute atomic E-state index is 1.53. The molecule has 0 amide bonds. The fourth-order valence-corrected chi connectivity index (χ4v) is 0.102. The second-order valence-electron chi connectivity index (χ2n) is 0.670. The van der Waals surface area contributed by atoms with Crippen LogP contribution in [0.1, 0.15) is 0 Å². The predicted molar refractivity (Wildman–Crippen MR) is 27.0 cm³/mol. The summed E-state index contributed by atoms with van der Waals surface area (Å²) in [6, 6.07) is 0. The van der Waals surface area contributed by atoms with Gasteiger partial charge < -0.3 is 0 Å². The third kappa shape index (κ3) is 4.85. The summed E-state index contributed by atoms with van der Waals surface area (Å²) in [6.07, 6.45) is 0. The molecule has 0 aliphatic heterocycles. The van der Waals surface area contributed by atoms with Gasteiger partial charge in [-0.25, -0.2) is 0 Å². The van der Waals surface area contributed by atoms with Crippen LogP contribution in [0, 0.1) is 0 Å². The Morgan fingerprint density at radius 3 is 2.86 bits per heavy atom. The van der Waals surface area contributed by atoms with Crippen LogP contribution < -0.4 is 5.53 Å². The molecular formula is C3H6N4. The van der Waals surface area contributed by atoms with Gasteiger partial charge in [0.2, 0.25) is 0 Å². The Hall–Kier alpha value is -1.15. The largest absolute Gasteiger partial charge is 0.173 e. The van der Waals surface area contributed by atoms with Crippen molar-refractivity contribution in [2.45, 2.75) is 0 Å². The van der Waals surface area contributed by atoms with Gasteiger partial charge >= 0.3 is 0 Å². The quantitative estimate of drug-likeness (QED) is 0.302. The van der Waals surface area contributed by atoms with E-state index in [0.717, 1.165) is 0 Å². The van der Waals surface area contributed by atoms with Gasteiger partial charge in [0.05, 0.1) is 7.05 Å². The first-order valence-corrected chi connectivity index (χ1v) is 1.67. The lowest BCUT2D eigenvalue weighted by Gasteiger charge is -1.76. The van der Waals surface area contributed by atoms with Crippen molar-refractivity contribution in [3.05, 3.63) is 6.58 Å². The Morgan fingerprint density at radius 2 is 2.43 bits per heavy atom. The van der Waals surface area contributed by atoms with Gasteiger partial charge in [0, 0.05) is 5.87 Å². The fraction of sp³-hybridized carbons (Fsp3) is 0.333. The Bertz CT molecular complexity index is 99.5. The number of hydrogen-bond donors (Lipinski definition) is 1. The average Bonchev–Trinajstić information content (AvgIpc) is 1.69. The maximum absolute atomic E-state index is 3.33. The second-order valence-corrected chi connectivity index (χ2v) is 0.670. The highest BCUT2D eigenvalue weighted by Crippen LogP contribution is 1.57. The molecule has 0 aliphatic rings. The van der Waals surface area contributed by atoms with E-state index >= 15 is 0 Å². The molecule has 0 rings (SSSR count). The second kappa shape index (κ2) is 4.85. The van der Waals surface area contributed by atoms with Crippen molar-refractivity contribution in [1.82, 2.24) is 5.53 Å². The average molecular weight is 98.1 g/mol. The molecule has 4 nitrogen and oxygen atoms in total. The number of hydrogen-bond acceptors (Lipinski definition) is 3. The van der Waals surface area contributed by atoms with Crippen molar-refractivity contribution in [3.63, 3.8) is 0 Å². The third-order valence-electron chi connectivity index (χ3n) is 0.274. The van der Waals surface area contributed by atoms with E-state index in [2.05, 4.69) is 33.4 Å². The molecule has 0 bridgehead atoms. The first kappa shape index (κ1) is 5.85. The molecule has 0 saturated carbocycles. The molecule has 7 heavy (non-hydrogen) atoms. The molecular weight excluding hydrogens is 92.1 g/mol. The van der Waals surface area contributed by atoms with E-state index in [1.165, 1.54) is 7.05 Å². The van der Waals surface area contributed by atoms with Crippen LogP contribution in [0.4, 0.5) is 0 Å². The molecule has 0 spiro atoms. The van der Waals surface area contributed by atoms with Gasteiger partial charge in [0.1, 0.15) is 0 Å². The fourth-order valence-electron chi connectivity index (χ4n) is 0.102. The molecule has 0 aromatic carbocycles. The normalized spacial score (nSPS) is 8.14. The van der Waals surface area contributed by atoms with E-state index < -0.39 is 0 Å². The lowest BCUT2D eigenvalue weighted by molar-refractivity contribution is 0.743. The first-order chi connectivity index (χ1) is 3.41. The van der Waals surface area contributed by atoms with Gasteiger partial charge in [-0.3, -0.25) is 0 Å². The van der Waals surface area contributed by atoms with Crippen LogP contribution in [-0.2, 0) is 0 Å². The van der Waals surface area contributed by atoms with Crippen LogP contribution in [0.25, 0.3) is 0 Å². The molecule has 0 radical (unpaired) electrons. The summed E-state index contributed by atoms with van der Waals surface area (Å²) in [6.45, 7) is 3.18. The Balaban J connectivity index is 3.15. The molecule has 0 aliphatic carbocycles. The minimum Gasteiger partial charge on any atom is -0.173 e. The van der Waals surface area contributed by atoms with Crippen molar-refractivity contribution in [3.8, 4) is 0 Å². The molecule has 38 valence electrons. The summed E-state index contributed by atoms with van der Waals surface area (Å²) >= 11 is 0. The highest BCUT2D eigenvalue weighted by atomic mass is 15.6. The SMILES string of the molecule is C=C=NNN=NC. The number of rotatable bonds is 2. The smallest absolute Gasteiger partial charge is 0.0509 e. The Morgan fingerprint density at radius 1 is 1.71 bits per heavy atom. The van der Waals surface area contributed by atoms with Gasteiger partial charge in [0.25, 0.3) is 0 Å². The summed E-state index contributed by atoms with van der Waals surface area (Å²) in [7, 11) is 1.53. The monoisotopic (exact) mass is 98.1 g/mol. The zero-order valence-electron chi connectivity index (χ0n) is 4.05. The maximum Gasteiger partial charge on any atom is 0.0509 e. The van der Waals surface area contributed by atoms with Crippen molar-refractivity contribution in [2.75, 3.05) is 7.05 Å². The Labute approximate surface area is 41.6 Å². The molecule has 0 unspecified atom stereocenters. The van der Waals surface area contributed by atoms with E-state index in [4.69, 9.17) is 0 Å². The zero-order valence-corrected chi connectivity index (χ0v) is 4.05. The van der Waals surface area contributed by atoms with Crippen LogP contribution >= 0.6 is 0 Å². The van der Waals surface area contributed by atoms with Crippen LogP contribution in [0.2, 0.25) is 0 Å². The number of hydrazone groups is 1. The van der Waals surface area contributed by atoms with E-state index in [0.29, 0.717) is 0 Å². The van der Waals surface area contributed by atoms with Crippen molar-refractivity contribution in [2.24, 2.45) is 15.4 Å². The zero-order chi connectivity index (χ0) is 5.54. The molecule has 0 aromatic rings. The highest BCUT2D eigenvalue weighted by Gasteiger charge is 1.54. The van der Waals surface area contributed by atoms with Crippen molar-refractivity contribution >= 4 is 5.87 Å². The summed E-state index contributed by atoms with van der Waals surface area (Å²) in [5.74, 6) is 2.21. The molecule has 0 aromatic heterocycles. The Kier molecular flexibility index (Phi) is 4.05. The van der Waals surface area contributed by atoms with Crippen LogP contribution in [0.3, 0.4) is 0 Å². The molecule has 0 heterocycles. The van der Waals surface area contributed by atoms with Crippen molar-refractivity contribution < 1.29 is 0 Å². The standard InChI is InChI=1S/C3H6N4/c1-3-5-7-6-4-2/h1H2,2H3,(H,4,7). The van der Waals surface area contributed by atoms with E-state index in [1.807, 2.05) is 0 Å². The molecule has 0 saturated heterocycles. The lowest BCUT2D eigenvalue weighted by Crippen LogP contribution is -1.88. The van der Waals surface area contributed by atoms with Gasteiger partial charge in [-0.2, -0.15) is 10.6 Å². The first-order valence-electron chi connectivity index (χ1n) is 1.67. The minimum atomic E-state index is 1.53. The van der Waals surface area contributed by atoms with Crippen LogP contribution in [0.5, 0.6) is 0 Å². The van der Waals surface area contributed by atoms with Gasteiger partial charge in [0.15, 0.2) is 0 Å². The lowest BCUT2D eigenvalue weighted by atomic mass is 11.2. The van der Waals surface area contributed by atoms with Gasteiger partial charge in [-0.05, 0) is 6.58 Å². The third-order valence-corrected chi connectivity index (χ3v) is 0.274. The van der Waals surface area contributed by atoms with Gasteiger partial charge in [-0.15, -0.1) is 5.10 Å². The van der Waals surface area contributed by atoms with E-state index in [9.17, 15) is 0 Å². The van der Waals surface area contributed by atoms with Crippen LogP contribution in [0.15, 0.2) is 22.0 Å². The summed E-state index contributed by atoms with van der Waals surface area (Å²) in [4.78, 5) is 0. The summed E-state index contributed by atoms with van der Waals surface area (Å²) in [5, 5.41) is 9.88. The predicted octanol–water partition coefficient (Wildman–Crippen LogP) is 0.344. The van der Waals surface area contributed by atoms with Crippen LogP contribution in [-0.4, -0.2) is 12.9 Å². The van der Waals surface area contributed by atoms with Gasteiger partial charge in [-0.1, -0.05) is 5.22 Å². The summed E-state index contributed by atoms with van der Waals surface area (Å²) < 4.78 is 0. The molecule has 0 fully saturated rings. The maximum atomic E-state index is 3.33. The topological polar surface area (TPSA) is 49.1 Å². The summed E-state index contributed by atoms with van der Waals surface area (Å²) in [5.41, 5.74) is 2.19. The molecule has 0 atom stereocenters. The number of nitrogens with one attached hydrogen (secondary N) is 1. The number of nitrogens with zero attached hydrogens (tertiary/aromatic N) is 3. The highest BCUT2D eigenvalue weighted by molar-refractivity contribution is 5.45. The van der Waals surface area contributed by atoms with E-state index in [1.54, 1.807) is 0 Å². The molecule has 1 N–H and O–H groups in total. The molecule has 4 heteroatoms.